The smallest absolute Gasteiger partial charge is 0.348 e. The van der Waals surface area contributed by atoms with Gasteiger partial charge in [-0.15, -0.1) is 23.1 Å². The molecular weight excluding hydrogens is 398 g/mol. The fraction of sp³-hybridized carbons (Fsp3) is 0.350. The predicted molar refractivity (Wildman–Crippen MR) is 112 cm³/mol. The molecule has 2 aromatic rings. The minimum absolute atomic E-state index is 0.190. The number of carbonyl (C=O) groups excluding carboxylic acids is 3. The van der Waals surface area contributed by atoms with Gasteiger partial charge in [-0.25, -0.2) is 9.59 Å². The number of rotatable bonds is 8. The minimum Gasteiger partial charge on any atom is -0.465 e. The van der Waals surface area contributed by atoms with E-state index < -0.39 is 11.9 Å². The molecule has 0 aliphatic heterocycles. The van der Waals surface area contributed by atoms with Crippen molar-refractivity contribution in [3.63, 3.8) is 0 Å². The van der Waals surface area contributed by atoms with Crippen LogP contribution in [0.4, 0.5) is 5.00 Å². The summed E-state index contributed by atoms with van der Waals surface area (Å²) in [6.07, 6.45) is 0.269. The van der Waals surface area contributed by atoms with Crippen LogP contribution in [0.3, 0.4) is 0 Å². The maximum Gasteiger partial charge on any atom is 0.348 e. The molecule has 6 nitrogen and oxygen atoms in total. The number of methoxy groups -OCH3 is 1. The predicted octanol–water partition coefficient (Wildman–Crippen LogP) is 4.45. The lowest BCUT2D eigenvalue weighted by molar-refractivity contribution is -0.115. The first-order valence-electron chi connectivity index (χ1n) is 8.75. The number of thioether (sulfide) groups is 1. The molecule has 0 bridgehead atoms. The number of esters is 2. The highest BCUT2D eigenvalue weighted by atomic mass is 32.2. The van der Waals surface area contributed by atoms with Crippen LogP contribution in [0.15, 0.2) is 29.2 Å². The fourth-order valence-electron chi connectivity index (χ4n) is 2.43. The number of ether oxygens (including phenoxy) is 2. The summed E-state index contributed by atoms with van der Waals surface area (Å²) in [5.74, 6) is -0.766. The van der Waals surface area contributed by atoms with E-state index in [1.165, 1.54) is 12.7 Å². The first-order valence-corrected chi connectivity index (χ1v) is 10.6. The number of thiophene rings is 1. The summed E-state index contributed by atoms with van der Waals surface area (Å²) < 4.78 is 9.82. The van der Waals surface area contributed by atoms with E-state index in [0.29, 0.717) is 16.3 Å². The lowest BCUT2D eigenvalue weighted by atomic mass is 10.1. The van der Waals surface area contributed by atoms with Crippen LogP contribution in [0.2, 0.25) is 0 Å². The van der Waals surface area contributed by atoms with Crippen LogP contribution < -0.4 is 5.32 Å². The normalized spacial score (nSPS) is 10.4. The fourth-order valence-corrected chi connectivity index (χ4v) is 4.38. The molecule has 1 heterocycles. The summed E-state index contributed by atoms with van der Waals surface area (Å²) in [4.78, 5) is 38.0. The van der Waals surface area contributed by atoms with Crippen molar-refractivity contribution in [2.24, 2.45) is 0 Å². The van der Waals surface area contributed by atoms with E-state index in [2.05, 4.69) is 5.32 Å². The molecule has 2 rings (SSSR count). The summed E-state index contributed by atoms with van der Waals surface area (Å²) >= 11 is 2.60. The zero-order valence-corrected chi connectivity index (χ0v) is 17.9. The average molecular weight is 422 g/mol. The lowest BCUT2D eigenvalue weighted by Gasteiger charge is -2.06. The van der Waals surface area contributed by atoms with Gasteiger partial charge in [0.05, 0.1) is 19.3 Å². The number of nitrogens with one attached hydrogen (secondary N) is 1. The average Bonchev–Trinajstić information content (AvgIpc) is 2.99. The molecule has 1 amide bonds. The molecule has 0 saturated heterocycles. The third-order valence-corrected chi connectivity index (χ3v) is 6.07. The van der Waals surface area contributed by atoms with E-state index in [9.17, 15) is 14.4 Å². The lowest BCUT2D eigenvalue weighted by Crippen LogP contribution is -2.14. The summed E-state index contributed by atoms with van der Waals surface area (Å²) in [5.41, 5.74) is 1.82. The van der Waals surface area contributed by atoms with Crippen LogP contribution in [-0.2, 0) is 14.3 Å². The van der Waals surface area contributed by atoms with Gasteiger partial charge in [0.2, 0.25) is 5.91 Å². The van der Waals surface area contributed by atoms with Gasteiger partial charge >= 0.3 is 11.9 Å². The minimum atomic E-state index is -0.603. The van der Waals surface area contributed by atoms with Gasteiger partial charge in [0.15, 0.2) is 0 Å². The SMILES string of the molecule is CCOC(=O)c1sc(NC(=O)CCSc2ccc(C)cc2)c(C(=O)OC)c1C. The molecule has 1 aromatic heterocycles. The third kappa shape index (κ3) is 5.59. The van der Waals surface area contributed by atoms with Gasteiger partial charge in [-0.1, -0.05) is 17.7 Å². The molecule has 150 valence electrons. The summed E-state index contributed by atoms with van der Waals surface area (Å²) in [6, 6.07) is 8.08. The second-order valence-electron chi connectivity index (χ2n) is 5.93. The van der Waals surface area contributed by atoms with Gasteiger partial charge in [-0.2, -0.15) is 0 Å². The van der Waals surface area contributed by atoms with Crippen LogP contribution in [0, 0.1) is 13.8 Å². The van der Waals surface area contributed by atoms with Crippen molar-refractivity contribution in [3.8, 4) is 0 Å². The Balaban J connectivity index is 2.07. The summed E-state index contributed by atoms with van der Waals surface area (Å²) in [5, 5.41) is 3.04. The number of benzene rings is 1. The van der Waals surface area contributed by atoms with Crippen molar-refractivity contribution < 1.29 is 23.9 Å². The van der Waals surface area contributed by atoms with E-state index in [1.807, 2.05) is 31.2 Å². The van der Waals surface area contributed by atoms with E-state index in [1.54, 1.807) is 25.6 Å². The number of carbonyl (C=O) groups is 3. The van der Waals surface area contributed by atoms with E-state index in [0.717, 1.165) is 16.2 Å². The molecule has 8 heteroatoms. The van der Waals surface area contributed by atoms with Crippen LogP contribution in [0.1, 0.15) is 44.5 Å². The van der Waals surface area contributed by atoms with Gasteiger partial charge in [-0.05, 0) is 38.5 Å². The highest BCUT2D eigenvalue weighted by Crippen LogP contribution is 2.34. The molecular formula is C20H23NO5S2. The Hall–Kier alpha value is -2.32. The Kier molecular flexibility index (Phi) is 8.07. The molecule has 0 radical (unpaired) electrons. The first kappa shape index (κ1) is 22.0. The highest BCUT2D eigenvalue weighted by Gasteiger charge is 2.26. The van der Waals surface area contributed by atoms with E-state index in [-0.39, 0.29) is 29.4 Å². The Labute approximate surface area is 172 Å². The number of anilines is 1. The molecule has 1 N–H and O–H groups in total. The third-order valence-electron chi connectivity index (χ3n) is 3.87. The summed E-state index contributed by atoms with van der Waals surface area (Å²) in [6.45, 7) is 5.59. The van der Waals surface area contributed by atoms with Gasteiger partial charge in [0, 0.05) is 17.1 Å². The molecule has 0 aliphatic rings. The second-order valence-corrected chi connectivity index (χ2v) is 8.12. The standard InChI is InChI=1S/C20H23NO5S2/c1-5-26-20(24)17-13(3)16(19(23)25-4)18(28-17)21-15(22)10-11-27-14-8-6-12(2)7-9-14/h6-9H,5,10-11H2,1-4H3,(H,21,22). The van der Waals surface area contributed by atoms with Gasteiger partial charge in [-0.3, -0.25) is 4.79 Å². The van der Waals surface area contributed by atoms with Crippen molar-refractivity contribution in [1.82, 2.24) is 0 Å². The molecule has 1 aromatic carbocycles. The molecule has 0 aliphatic carbocycles. The number of amides is 1. The van der Waals surface area contributed by atoms with Crippen molar-refractivity contribution in [2.75, 3.05) is 24.8 Å². The van der Waals surface area contributed by atoms with Crippen LogP contribution >= 0.6 is 23.1 Å². The van der Waals surface area contributed by atoms with Crippen molar-refractivity contribution in [2.45, 2.75) is 32.1 Å². The van der Waals surface area contributed by atoms with Gasteiger partial charge in [0.1, 0.15) is 9.88 Å². The zero-order valence-electron chi connectivity index (χ0n) is 16.3. The Morgan fingerprint density at radius 1 is 1.11 bits per heavy atom. The molecule has 28 heavy (non-hydrogen) atoms. The Bertz CT molecular complexity index is 858. The molecule has 0 atom stereocenters. The highest BCUT2D eigenvalue weighted by molar-refractivity contribution is 7.99. The van der Waals surface area contributed by atoms with E-state index in [4.69, 9.17) is 9.47 Å². The monoisotopic (exact) mass is 421 g/mol. The largest absolute Gasteiger partial charge is 0.465 e. The van der Waals surface area contributed by atoms with Crippen LogP contribution in [-0.4, -0.2) is 37.3 Å². The number of aryl methyl sites for hydroxylation is 1. The van der Waals surface area contributed by atoms with Crippen LogP contribution in [0.5, 0.6) is 0 Å². The first-order chi connectivity index (χ1) is 13.4. The summed E-state index contributed by atoms with van der Waals surface area (Å²) in [7, 11) is 1.26. The molecule has 0 saturated carbocycles. The number of hydrogen-bond acceptors (Lipinski definition) is 7. The van der Waals surface area contributed by atoms with Gasteiger partial charge < -0.3 is 14.8 Å². The maximum absolute atomic E-state index is 12.3. The maximum atomic E-state index is 12.3. The van der Waals surface area contributed by atoms with Crippen molar-refractivity contribution in [3.05, 3.63) is 45.8 Å². The van der Waals surface area contributed by atoms with E-state index >= 15 is 0 Å². The van der Waals surface area contributed by atoms with Gasteiger partial charge in [0.25, 0.3) is 0 Å². The van der Waals surface area contributed by atoms with Crippen LogP contribution in [0.25, 0.3) is 0 Å². The molecule has 0 spiro atoms. The number of hydrogen-bond donors (Lipinski definition) is 1. The van der Waals surface area contributed by atoms with Crippen molar-refractivity contribution in [1.29, 1.82) is 0 Å². The Morgan fingerprint density at radius 3 is 2.39 bits per heavy atom. The second kappa shape index (κ2) is 10.3. The molecule has 0 unspecified atom stereocenters. The molecule has 0 fully saturated rings. The topological polar surface area (TPSA) is 81.7 Å². The Morgan fingerprint density at radius 2 is 1.79 bits per heavy atom. The zero-order chi connectivity index (χ0) is 20.7. The quantitative estimate of drug-likeness (QED) is 0.501. The van der Waals surface area contributed by atoms with Crippen molar-refractivity contribution >= 4 is 45.9 Å².